The van der Waals surface area contributed by atoms with Gasteiger partial charge in [-0.2, -0.15) is 0 Å². The summed E-state index contributed by atoms with van der Waals surface area (Å²) >= 11 is 0. The fourth-order valence-corrected chi connectivity index (χ4v) is 5.10. The van der Waals surface area contributed by atoms with Gasteiger partial charge in [-0.3, -0.25) is 4.79 Å². The number of hydrogen-bond acceptors (Lipinski definition) is 2. The largest absolute Gasteiger partial charge is 0.339 e. The summed E-state index contributed by atoms with van der Waals surface area (Å²) < 4.78 is 0. The van der Waals surface area contributed by atoms with Crippen LogP contribution in [0.1, 0.15) is 70.6 Å². The first-order chi connectivity index (χ1) is 10.3. The first-order valence-corrected chi connectivity index (χ1v) is 9.32. The third-order valence-electron chi connectivity index (χ3n) is 6.31. The molecular formula is C18H32N2O. The summed E-state index contributed by atoms with van der Waals surface area (Å²) in [6.07, 6.45) is 14.0. The molecule has 0 aromatic rings. The van der Waals surface area contributed by atoms with Gasteiger partial charge in [-0.1, -0.05) is 32.1 Å². The molecule has 3 fully saturated rings. The Morgan fingerprint density at radius 2 is 1.62 bits per heavy atom. The maximum atomic E-state index is 13.1. The molecule has 1 aliphatic heterocycles. The van der Waals surface area contributed by atoms with E-state index in [1.807, 2.05) is 0 Å². The highest BCUT2D eigenvalue weighted by Gasteiger charge is 2.40. The Kier molecular flexibility index (Phi) is 5.20. The lowest BCUT2D eigenvalue weighted by Crippen LogP contribution is -2.47. The van der Waals surface area contributed by atoms with Crippen LogP contribution in [0.5, 0.6) is 0 Å². The zero-order chi connectivity index (χ0) is 14.7. The van der Waals surface area contributed by atoms with Gasteiger partial charge in [0.05, 0.1) is 0 Å². The Bertz CT molecular complexity index is 351. The van der Waals surface area contributed by atoms with Gasteiger partial charge in [0.2, 0.25) is 5.91 Å². The van der Waals surface area contributed by atoms with Gasteiger partial charge in [-0.15, -0.1) is 0 Å². The maximum absolute atomic E-state index is 13.1. The van der Waals surface area contributed by atoms with Gasteiger partial charge in [0.15, 0.2) is 0 Å². The van der Waals surface area contributed by atoms with Crippen molar-refractivity contribution >= 4 is 5.91 Å². The van der Waals surface area contributed by atoms with Crippen LogP contribution in [0.3, 0.4) is 0 Å². The van der Waals surface area contributed by atoms with E-state index in [1.54, 1.807) is 0 Å². The number of carbonyl (C=O) groups is 1. The van der Waals surface area contributed by atoms with Crippen LogP contribution in [0.25, 0.3) is 0 Å². The summed E-state index contributed by atoms with van der Waals surface area (Å²) in [7, 11) is 0. The van der Waals surface area contributed by atoms with Crippen LogP contribution in [0.2, 0.25) is 0 Å². The average Bonchev–Trinajstić information content (AvgIpc) is 3.04. The summed E-state index contributed by atoms with van der Waals surface area (Å²) in [5, 5.41) is 0. The highest BCUT2D eigenvalue weighted by Crippen LogP contribution is 2.37. The lowest BCUT2D eigenvalue weighted by Gasteiger charge is -2.38. The highest BCUT2D eigenvalue weighted by molar-refractivity contribution is 5.80. The summed E-state index contributed by atoms with van der Waals surface area (Å²) in [4.78, 5) is 15.4. The smallest absolute Gasteiger partial charge is 0.226 e. The lowest BCUT2D eigenvalue weighted by molar-refractivity contribution is -0.140. The lowest BCUT2D eigenvalue weighted by atomic mass is 9.77. The number of nitrogens with two attached hydrogens (primary N) is 1. The van der Waals surface area contributed by atoms with Crippen LogP contribution < -0.4 is 5.73 Å². The average molecular weight is 292 g/mol. The Hall–Kier alpha value is -0.570. The second-order valence-corrected chi connectivity index (χ2v) is 7.53. The van der Waals surface area contributed by atoms with Crippen molar-refractivity contribution in [3.63, 3.8) is 0 Å². The number of amides is 1. The minimum atomic E-state index is 0.230. The molecule has 0 aromatic heterocycles. The first kappa shape index (κ1) is 15.3. The Balaban J connectivity index is 1.67. The van der Waals surface area contributed by atoms with Gasteiger partial charge in [-0.25, -0.2) is 0 Å². The molecule has 3 aliphatic rings. The van der Waals surface area contributed by atoms with Crippen molar-refractivity contribution in [1.82, 2.24) is 4.90 Å². The van der Waals surface area contributed by atoms with E-state index >= 15 is 0 Å². The third-order valence-corrected chi connectivity index (χ3v) is 6.31. The predicted octanol–water partition coefficient (Wildman–Crippen LogP) is 3.32. The summed E-state index contributed by atoms with van der Waals surface area (Å²) in [5.41, 5.74) is 5.94. The standard InChI is InChI=1S/C18H32N2O/c19-13-15-9-4-5-10-16(15)18(21)20-12-6-11-17(20)14-7-2-1-3-8-14/h14-17H,1-13,19H2. The molecule has 2 N–H and O–H groups in total. The van der Waals surface area contributed by atoms with Crippen LogP contribution in [-0.4, -0.2) is 29.9 Å². The molecule has 1 amide bonds. The molecule has 0 aromatic carbocycles. The van der Waals surface area contributed by atoms with Gasteiger partial charge in [0, 0.05) is 18.5 Å². The van der Waals surface area contributed by atoms with Crippen molar-refractivity contribution in [1.29, 1.82) is 0 Å². The number of carbonyl (C=O) groups excluding carboxylic acids is 1. The van der Waals surface area contributed by atoms with Crippen molar-refractivity contribution in [3.8, 4) is 0 Å². The number of likely N-dealkylation sites (tertiary alicyclic amines) is 1. The van der Waals surface area contributed by atoms with E-state index in [1.165, 1.54) is 57.8 Å². The number of rotatable bonds is 3. The molecule has 3 nitrogen and oxygen atoms in total. The van der Waals surface area contributed by atoms with E-state index in [-0.39, 0.29) is 5.92 Å². The van der Waals surface area contributed by atoms with Gasteiger partial charge in [0.1, 0.15) is 0 Å². The third kappa shape index (κ3) is 3.28. The van der Waals surface area contributed by atoms with Crippen molar-refractivity contribution in [2.45, 2.75) is 76.7 Å². The molecule has 3 heteroatoms. The quantitative estimate of drug-likeness (QED) is 0.867. The number of nitrogens with zero attached hydrogens (tertiary/aromatic N) is 1. The van der Waals surface area contributed by atoms with Crippen LogP contribution in [0.15, 0.2) is 0 Å². The molecule has 21 heavy (non-hydrogen) atoms. The summed E-state index contributed by atoms with van der Waals surface area (Å²) in [6, 6.07) is 0.554. The minimum Gasteiger partial charge on any atom is -0.339 e. The van der Waals surface area contributed by atoms with E-state index in [2.05, 4.69) is 4.90 Å². The van der Waals surface area contributed by atoms with Crippen molar-refractivity contribution in [3.05, 3.63) is 0 Å². The molecular weight excluding hydrogens is 260 g/mol. The molecule has 0 spiro atoms. The van der Waals surface area contributed by atoms with Crippen LogP contribution in [0.4, 0.5) is 0 Å². The van der Waals surface area contributed by atoms with E-state index < -0.39 is 0 Å². The Morgan fingerprint density at radius 3 is 2.38 bits per heavy atom. The summed E-state index contributed by atoms with van der Waals surface area (Å²) in [6.45, 7) is 1.70. The monoisotopic (exact) mass is 292 g/mol. The second-order valence-electron chi connectivity index (χ2n) is 7.53. The Morgan fingerprint density at radius 1 is 0.905 bits per heavy atom. The van der Waals surface area contributed by atoms with Crippen molar-refractivity contribution in [2.75, 3.05) is 13.1 Å². The van der Waals surface area contributed by atoms with Gasteiger partial charge < -0.3 is 10.6 Å². The molecule has 3 rings (SSSR count). The van der Waals surface area contributed by atoms with Crippen molar-refractivity contribution < 1.29 is 4.79 Å². The number of hydrogen-bond donors (Lipinski definition) is 1. The molecule has 3 atom stereocenters. The van der Waals surface area contributed by atoms with Crippen LogP contribution in [-0.2, 0) is 4.79 Å². The zero-order valence-electron chi connectivity index (χ0n) is 13.4. The molecule has 120 valence electrons. The van der Waals surface area contributed by atoms with E-state index in [4.69, 9.17) is 5.73 Å². The van der Waals surface area contributed by atoms with Gasteiger partial charge in [-0.05, 0) is 56.9 Å². The maximum Gasteiger partial charge on any atom is 0.226 e. The topological polar surface area (TPSA) is 46.3 Å². The van der Waals surface area contributed by atoms with Gasteiger partial charge >= 0.3 is 0 Å². The SMILES string of the molecule is NCC1CCCCC1C(=O)N1CCCC1C1CCCCC1. The molecule has 2 saturated carbocycles. The molecule has 0 radical (unpaired) electrons. The predicted molar refractivity (Wildman–Crippen MR) is 85.8 cm³/mol. The fraction of sp³-hybridized carbons (Fsp3) is 0.944. The fourth-order valence-electron chi connectivity index (χ4n) is 5.10. The molecule has 1 heterocycles. The molecule has 0 bridgehead atoms. The van der Waals surface area contributed by atoms with Crippen molar-refractivity contribution in [2.24, 2.45) is 23.5 Å². The molecule has 2 aliphatic carbocycles. The summed E-state index contributed by atoms with van der Waals surface area (Å²) in [5.74, 6) is 1.91. The second kappa shape index (κ2) is 7.13. The van der Waals surface area contributed by atoms with Crippen LogP contribution in [0, 0.1) is 17.8 Å². The molecule has 1 saturated heterocycles. The van der Waals surface area contributed by atoms with Gasteiger partial charge in [0.25, 0.3) is 0 Å². The van der Waals surface area contributed by atoms with E-state index in [9.17, 15) is 4.79 Å². The zero-order valence-corrected chi connectivity index (χ0v) is 13.4. The minimum absolute atomic E-state index is 0.230. The highest BCUT2D eigenvalue weighted by atomic mass is 16.2. The van der Waals surface area contributed by atoms with E-state index in [0.717, 1.165) is 25.3 Å². The normalized spacial score (nSPS) is 35.1. The Labute approximate surface area is 129 Å². The molecule has 3 unspecified atom stereocenters. The first-order valence-electron chi connectivity index (χ1n) is 9.32. The van der Waals surface area contributed by atoms with Crippen LogP contribution >= 0.6 is 0 Å². The van der Waals surface area contributed by atoms with E-state index in [0.29, 0.717) is 24.4 Å².